The summed E-state index contributed by atoms with van der Waals surface area (Å²) in [6.45, 7) is 2.41. The zero-order chi connectivity index (χ0) is 15.4. The van der Waals surface area contributed by atoms with Gasteiger partial charge in [0.15, 0.2) is 0 Å². The zero-order valence-corrected chi connectivity index (χ0v) is 12.8. The van der Waals surface area contributed by atoms with Gasteiger partial charge < -0.3 is 20.1 Å². The van der Waals surface area contributed by atoms with Crippen LogP contribution in [0.4, 0.5) is 4.79 Å². The van der Waals surface area contributed by atoms with Gasteiger partial charge in [0.25, 0.3) is 0 Å². The summed E-state index contributed by atoms with van der Waals surface area (Å²) in [6.07, 6.45) is 2.37. The van der Waals surface area contributed by atoms with E-state index in [-0.39, 0.29) is 12.1 Å². The fourth-order valence-electron chi connectivity index (χ4n) is 2.84. The molecule has 5 nitrogen and oxygen atoms in total. The molecule has 3 rings (SSSR count). The summed E-state index contributed by atoms with van der Waals surface area (Å²) in [4.78, 5) is 14.2. The molecule has 1 saturated carbocycles. The number of hydrogen-bond donors (Lipinski definition) is 2. The summed E-state index contributed by atoms with van der Waals surface area (Å²) in [5.41, 5.74) is 0.881. The van der Waals surface area contributed by atoms with Crippen LogP contribution in [-0.2, 0) is 4.74 Å². The number of nitrogens with one attached hydrogen (secondary N) is 1. The van der Waals surface area contributed by atoms with Crippen LogP contribution >= 0.6 is 0 Å². The lowest BCUT2D eigenvalue weighted by Gasteiger charge is -2.36. The Kier molecular flexibility index (Phi) is 4.95. The number of urea groups is 1. The molecular formula is C17H24N2O3. The van der Waals surface area contributed by atoms with Gasteiger partial charge in [0.2, 0.25) is 0 Å². The third-order valence-corrected chi connectivity index (χ3v) is 4.41. The Balaban J connectivity index is 1.57. The van der Waals surface area contributed by atoms with Crippen LogP contribution in [-0.4, -0.2) is 48.4 Å². The molecule has 120 valence electrons. The number of nitrogens with zero attached hydrogens (tertiary/aromatic N) is 1. The van der Waals surface area contributed by atoms with Crippen molar-refractivity contribution in [2.45, 2.75) is 31.4 Å². The Hall–Kier alpha value is -1.59. The third kappa shape index (κ3) is 3.99. The van der Waals surface area contributed by atoms with Gasteiger partial charge in [0.1, 0.15) is 0 Å². The van der Waals surface area contributed by atoms with Gasteiger partial charge in [-0.1, -0.05) is 30.3 Å². The second kappa shape index (κ2) is 7.11. The van der Waals surface area contributed by atoms with Crippen molar-refractivity contribution in [2.75, 3.05) is 26.3 Å². The highest BCUT2D eigenvalue weighted by atomic mass is 16.5. The van der Waals surface area contributed by atoms with Crippen molar-refractivity contribution >= 4 is 6.03 Å². The van der Waals surface area contributed by atoms with Gasteiger partial charge in [-0.15, -0.1) is 0 Å². The highest BCUT2D eigenvalue weighted by Gasteiger charge is 2.30. The van der Waals surface area contributed by atoms with Crippen LogP contribution in [0.3, 0.4) is 0 Å². The molecule has 2 atom stereocenters. The monoisotopic (exact) mass is 304 g/mol. The second-order valence-corrected chi connectivity index (χ2v) is 6.21. The van der Waals surface area contributed by atoms with Gasteiger partial charge >= 0.3 is 6.03 Å². The van der Waals surface area contributed by atoms with Crippen LogP contribution in [0.15, 0.2) is 30.3 Å². The number of amides is 2. The van der Waals surface area contributed by atoms with Gasteiger partial charge in [0, 0.05) is 19.5 Å². The van der Waals surface area contributed by atoms with Gasteiger partial charge in [0.05, 0.1) is 25.4 Å². The molecule has 1 aliphatic heterocycles. The number of aliphatic hydroxyl groups excluding tert-OH is 1. The van der Waals surface area contributed by atoms with Crippen molar-refractivity contribution in [2.24, 2.45) is 5.92 Å². The fourth-order valence-corrected chi connectivity index (χ4v) is 2.84. The first-order chi connectivity index (χ1) is 10.7. The molecule has 0 aromatic heterocycles. The Bertz CT molecular complexity index is 490. The molecule has 1 saturated heterocycles. The number of ether oxygens (including phenoxy) is 1. The van der Waals surface area contributed by atoms with Crippen molar-refractivity contribution in [3.63, 3.8) is 0 Å². The van der Waals surface area contributed by atoms with Crippen LogP contribution in [0.1, 0.15) is 30.9 Å². The number of morpholine rings is 1. The third-order valence-electron chi connectivity index (χ3n) is 4.41. The Morgan fingerprint density at radius 1 is 1.36 bits per heavy atom. The molecule has 1 aromatic carbocycles. The van der Waals surface area contributed by atoms with Gasteiger partial charge in [-0.3, -0.25) is 0 Å². The van der Waals surface area contributed by atoms with Crippen molar-refractivity contribution in [1.29, 1.82) is 0 Å². The predicted octanol–water partition coefficient (Wildman–Crippen LogP) is 1.93. The van der Waals surface area contributed by atoms with E-state index in [1.807, 2.05) is 35.2 Å². The van der Waals surface area contributed by atoms with Crippen molar-refractivity contribution in [1.82, 2.24) is 10.2 Å². The van der Waals surface area contributed by atoms with Crippen LogP contribution in [0, 0.1) is 5.92 Å². The molecule has 0 bridgehead atoms. The quantitative estimate of drug-likeness (QED) is 0.874. The number of benzene rings is 1. The highest BCUT2D eigenvalue weighted by molar-refractivity contribution is 5.74. The molecule has 22 heavy (non-hydrogen) atoms. The molecule has 2 N–H and O–H groups in total. The normalized spacial score (nSPS) is 23.1. The predicted molar refractivity (Wildman–Crippen MR) is 83.5 cm³/mol. The van der Waals surface area contributed by atoms with E-state index in [0.29, 0.717) is 32.1 Å². The van der Waals surface area contributed by atoms with Gasteiger partial charge in [-0.25, -0.2) is 4.79 Å². The standard InChI is InChI=1S/C17H24N2O3/c20-16(14-4-2-1-3-5-14)10-15-12-22-9-8-19(15)17(21)18-11-13-6-7-13/h1-5,13,15-16,20H,6-12H2,(H,18,21). The summed E-state index contributed by atoms with van der Waals surface area (Å²) in [7, 11) is 0. The maximum Gasteiger partial charge on any atom is 0.317 e. The van der Waals surface area contributed by atoms with E-state index in [2.05, 4.69) is 5.32 Å². The first kappa shape index (κ1) is 15.3. The second-order valence-electron chi connectivity index (χ2n) is 6.21. The minimum Gasteiger partial charge on any atom is -0.388 e. The first-order valence-corrected chi connectivity index (χ1v) is 8.09. The average molecular weight is 304 g/mol. The molecule has 5 heteroatoms. The van der Waals surface area contributed by atoms with E-state index >= 15 is 0 Å². The highest BCUT2D eigenvalue weighted by Crippen LogP contribution is 2.28. The van der Waals surface area contributed by atoms with Crippen LogP contribution in [0.5, 0.6) is 0 Å². The summed E-state index contributed by atoms with van der Waals surface area (Å²) >= 11 is 0. The van der Waals surface area contributed by atoms with Crippen molar-refractivity contribution in [3.8, 4) is 0 Å². The summed E-state index contributed by atoms with van der Waals surface area (Å²) in [6, 6.07) is 9.46. The van der Waals surface area contributed by atoms with E-state index in [1.165, 1.54) is 12.8 Å². The Morgan fingerprint density at radius 3 is 2.86 bits per heavy atom. The first-order valence-electron chi connectivity index (χ1n) is 8.09. The van der Waals surface area contributed by atoms with Crippen LogP contribution in [0.2, 0.25) is 0 Å². The molecule has 2 aliphatic rings. The molecule has 0 radical (unpaired) electrons. The Labute approximate surface area is 131 Å². The Morgan fingerprint density at radius 2 is 2.14 bits per heavy atom. The summed E-state index contributed by atoms with van der Waals surface area (Å²) in [5, 5.41) is 13.4. The minimum atomic E-state index is -0.577. The van der Waals surface area contributed by atoms with E-state index in [4.69, 9.17) is 4.74 Å². The molecular weight excluding hydrogens is 280 g/mol. The minimum absolute atomic E-state index is 0.0274. The molecule has 1 aliphatic carbocycles. The molecule has 2 unspecified atom stereocenters. The number of hydrogen-bond acceptors (Lipinski definition) is 3. The lowest BCUT2D eigenvalue weighted by molar-refractivity contribution is -0.00693. The van der Waals surface area contributed by atoms with Gasteiger partial charge in [-0.2, -0.15) is 0 Å². The van der Waals surface area contributed by atoms with Gasteiger partial charge in [-0.05, 0) is 24.3 Å². The van der Waals surface area contributed by atoms with E-state index in [0.717, 1.165) is 12.1 Å². The fraction of sp³-hybridized carbons (Fsp3) is 0.588. The number of rotatable bonds is 5. The molecule has 0 spiro atoms. The number of carbonyl (C=O) groups is 1. The van der Waals surface area contributed by atoms with Crippen LogP contribution < -0.4 is 5.32 Å². The lowest BCUT2D eigenvalue weighted by atomic mass is 10.0. The van der Waals surface area contributed by atoms with E-state index < -0.39 is 6.10 Å². The lowest BCUT2D eigenvalue weighted by Crippen LogP contribution is -2.53. The van der Waals surface area contributed by atoms with E-state index in [1.54, 1.807) is 0 Å². The maximum absolute atomic E-state index is 12.3. The molecule has 2 fully saturated rings. The molecule has 2 amide bonds. The zero-order valence-electron chi connectivity index (χ0n) is 12.8. The van der Waals surface area contributed by atoms with Crippen LogP contribution in [0.25, 0.3) is 0 Å². The molecule has 1 heterocycles. The maximum atomic E-state index is 12.3. The summed E-state index contributed by atoms with van der Waals surface area (Å²) < 4.78 is 5.50. The SMILES string of the molecule is O=C(NCC1CC1)N1CCOCC1CC(O)c1ccccc1. The van der Waals surface area contributed by atoms with Crippen molar-refractivity contribution < 1.29 is 14.6 Å². The summed E-state index contributed by atoms with van der Waals surface area (Å²) in [5.74, 6) is 0.665. The number of carbonyl (C=O) groups excluding carboxylic acids is 1. The van der Waals surface area contributed by atoms with Crippen molar-refractivity contribution in [3.05, 3.63) is 35.9 Å². The largest absolute Gasteiger partial charge is 0.388 e. The average Bonchev–Trinajstić information content (AvgIpc) is 3.38. The van der Waals surface area contributed by atoms with E-state index in [9.17, 15) is 9.90 Å². The molecule has 1 aromatic rings. The topological polar surface area (TPSA) is 61.8 Å². The smallest absolute Gasteiger partial charge is 0.317 e. The number of aliphatic hydroxyl groups is 1.